The van der Waals surface area contributed by atoms with Gasteiger partial charge in [-0.05, 0) is 18.8 Å². The third kappa shape index (κ3) is 4.06. The molecule has 16 heavy (non-hydrogen) atoms. The Morgan fingerprint density at radius 2 is 2.31 bits per heavy atom. The van der Waals surface area contributed by atoms with Crippen LogP contribution in [-0.4, -0.2) is 55.4 Å². The van der Waals surface area contributed by atoms with Crippen LogP contribution >= 0.6 is 0 Å². The summed E-state index contributed by atoms with van der Waals surface area (Å²) in [6.45, 7) is 1.95. The van der Waals surface area contributed by atoms with E-state index in [2.05, 4.69) is 10.1 Å². The average molecular weight is 230 g/mol. The van der Waals surface area contributed by atoms with Crippen LogP contribution in [0.4, 0.5) is 4.79 Å². The van der Waals surface area contributed by atoms with Crippen LogP contribution in [-0.2, 0) is 9.53 Å². The Morgan fingerprint density at radius 3 is 2.94 bits per heavy atom. The lowest BCUT2D eigenvalue weighted by atomic mass is 9.98. The van der Waals surface area contributed by atoms with Crippen molar-refractivity contribution in [2.24, 2.45) is 5.92 Å². The SMILES string of the molecule is COC(=O)N1CCCC(CNCC(=O)O)C1. The summed E-state index contributed by atoms with van der Waals surface area (Å²) >= 11 is 0. The molecule has 2 N–H and O–H groups in total. The maximum Gasteiger partial charge on any atom is 0.409 e. The molecule has 0 radical (unpaired) electrons. The van der Waals surface area contributed by atoms with E-state index in [4.69, 9.17) is 5.11 Å². The molecule has 0 aromatic heterocycles. The van der Waals surface area contributed by atoms with Crippen molar-refractivity contribution in [2.75, 3.05) is 33.3 Å². The summed E-state index contributed by atoms with van der Waals surface area (Å²) < 4.78 is 4.65. The highest BCUT2D eigenvalue weighted by Gasteiger charge is 2.23. The molecule has 1 heterocycles. The molecule has 0 bridgehead atoms. The van der Waals surface area contributed by atoms with E-state index in [1.165, 1.54) is 7.11 Å². The van der Waals surface area contributed by atoms with Crippen LogP contribution in [0.25, 0.3) is 0 Å². The van der Waals surface area contributed by atoms with Crippen LogP contribution in [0.2, 0.25) is 0 Å². The maximum absolute atomic E-state index is 11.3. The van der Waals surface area contributed by atoms with E-state index < -0.39 is 5.97 Å². The number of carbonyl (C=O) groups excluding carboxylic acids is 1. The second-order valence-electron chi connectivity index (χ2n) is 3.95. The Bertz CT molecular complexity index is 257. The Balaban J connectivity index is 2.27. The predicted octanol–water partition coefficient (Wildman–Crippen LogP) is 0.139. The summed E-state index contributed by atoms with van der Waals surface area (Å²) in [6, 6.07) is 0. The quantitative estimate of drug-likeness (QED) is 0.718. The van der Waals surface area contributed by atoms with Crippen LogP contribution in [0, 0.1) is 5.92 Å². The fourth-order valence-corrected chi connectivity index (χ4v) is 1.91. The first kappa shape index (κ1) is 12.8. The summed E-state index contributed by atoms with van der Waals surface area (Å²) in [7, 11) is 1.37. The first-order chi connectivity index (χ1) is 7.63. The fourth-order valence-electron chi connectivity index (χ4n) is 1.91. The van der Waals surface area contributed by atoms with E-state index in [9.17, 15) is 9.59 Å². The molecule has 0 aromatic rings. The second kappa shape index (κ2) is 6.32. The highest BCUT2D eigenvalue weighted by Crippen LogP contribution is 2.16. The van der Waals surface area contributed by atoms with Crippen molar-refractivity contribution < 1.29 is 19.4 Å². The number of hydrogen-bond donors (Lipinski definition) is 2. The maximum atomic E-state index is 11.3. The van der Waals surface area contributed by atoms with Gasteiger partial charge in [0.05, 0.1) is 13.7 Å². The number of carbonyl (C=O) groups is 2. The predicted molar refractivity (Wildman–Crippen MR) is 57.2 cm³/mol. The van der Waals surface area contributed by atoms with Crippen molar-refractivity contribution in [3.8, 4) is 0 Å². The number of aliphatic carboxylic acids is 1. The Kier molecular flexibility index (Phi) is 5.04. The van der Waals surface area contributed by atoms with Gasteiger partial charge >= 0.3 is 12.1 Å². The van der Waals surface area contributed by atoms with E-state index in [1.54, 1.807) is 4.90 Å². The van der Waals surface area contributed by atoms with Gasteiger partial charge in [-0.3, -0.25) is 4.79 Å². The zero-order valence-electron chi connectivity index (χ0n) is 9.44. The summed E-state index contributed by atoms with van der Waals surface area (Å²) in [5.41, 5.74) is 0. The van der Waals surface area contributed by atoms with Crippen LogP contribution in [0.1, 0.15) is 12.8 Å². The number of amides is 1. The van der Waals surface area contributed by atoms with Crippen molar-refractivity contribution in [3.05, 3.63) is 0 Å². The molecule has 1 saturated heterocycles. The fraction of sp³-hybridized carbons (Fsp3) is 0.800. The number of hydrogen-bond acceptors (Lipinski definition) is 4. The van der Waals surface area contributed by atoms with Gasteiger partial charge in [-0.1, -0.05) is 0 Å². The molecule has 6 nitrogen and oxygen atoms in total. The van der Waals surface area contributed by atoms with Gasteiger partial charge in [0.2, 0.25) is 0 Å². The standard InChI is InChI=1S/C10H18N2O4/c1-16-10(15)12-4-2-3-8(7-12)5-11-6-9(13)14/h8,11H,2-7H2,1H3,(H,13,14). The molecular weight excluding hydrogens is 212 g/mol. The van der Waals surface area contributed by atoms with Gasteiger partial charge < -0.3 is 20.1 Å². The third-order valence-electron chi connectivity index (χ3n) is 2.66. The summed E-state index contributed by atoms with van der Waals surface area (Å²) in [5.74, 6) is -0.548. The number of carboxylic acid groups (broad SMARTS) is 1. The number of rotatable bonds is 4. The molecule has 0 spiro atoms. The summed E-state index contributed by atoms with van der Waals surface area (Å²) in [4.78, 5) is 23.3. The molecule has 0 saturated carbocycles. The van der Waals surface area contributed by atoms with E-state index in [0.717, 1.165) is 19.4 Å². The van der Waals surface area contributed by atoms with Gasteiger partial charge in [0, 0.05) is 19.6 Å². The molecule has 1 aliphatic rings. The molecule has 1 atom stereocenters. The molecule has 1 unspecified atom stereocenters. The smallest absolute Gasteiger partial charge is 0.409 e. The lowest BCUT2D eigenvalue weighted by Crippen LogP contribution is -2.43. The van der Waals surface area contributed by atoms with E-state index in [0.29, 0.717) is 19.0 Å². The highest BCUT2D eigenvalue weighted by molar-refractivity contribution is 5.69. The molecular formula is C10H18N2O4. The van der Waals surface area contributed by atoms with Crippen molar-refractivity contribution in [1.29, 1.82) is 0 Å². The minimum atomic E-state index is -0.861. The number of likely N-dealkylation sites (tertiary alicyclic amines) is 1. The number of ether oxygens (including phenoxy) is 1. The van der Waals surface area contributed by atoms with Crippen LogP contribution in [0.15, 0.2) is 0 Å². The topological polar surface area (TPSA) is 78.9 Å². The minimum Gasteiger partial charge on any atom is -0.480 e. The normalized spacial score (nSPS) is 20.6. The molecule has 1 amide bonds. The summed E-state index contributed by atoms with van der Waals surface area (Å²) in [5, 5.41) is 11.3. The monoisotopic (exact) mass is 230 g/mol. The van der Waals surface area contributed by atoms with E-state index >= 15 is 0 Å². The molecule has 6 heteroatoms. The molecule has 1 aliphatic heterocycles. The van der Waals surface area contributed by atoms with Crippen molar-refractivity contribution in [2.45, 2.75) is 12.8 Å². The van der Waals surface area contributed by atoms with Gasteiger partial charge in [-0.15, -0.1) is 0 Å². The third-order valence-corrected chi connectivity index (χ3v) is 2.66. The molecule has 92 valence electrons. The van der Waals surface area contributed by atoms with Crippen LogP contribution < -0.4 is 5.32 Å². The Hall–Kier alpha value is -1.30. The minimum absolute atomic E-state index is 0.0330. The van der Waals surface area contributed by atoms with Crippen molar-refractivity contribution in [3.63, 3.8) is 0 Å². The lowest BCUT2D eigenvalue weighted by Gasteiger charge is -2.31. The molecule has 0 aromatic carbocycles. The number of nitrogens with zero attached hydrogens (tertiary/aromatic N) is 1. The van der Waals surface area contributed by atoms with E-state index in [-0.39, 0.29) is 12.6 Å². The largest absolute Gasteiger partial charge is 0.480 e. The zero-order valence-corrected chi connectivity index (χ0v) is 9.44. The number of nitrogens with one attached hydrogen (secondary N) is 1. The first-order valence-corrected chi connectivity index (χ1v) is 5.39. The van der Waals surface area contributed by atoms with Crippen molar-refractivity contribution >= 4 is 12.1 Å². The molecule has 1 rings (SSSR count). The molecule has 1 fully saturated rings. The Labute approximate surface area is 94.6 Å². The highest BCUT2D eigenvalue weighted by atomic mass is 16.5. The average Bonchev–Trinajstić information content (AvgIpc) is 2.28. The van der Waals surface area contributed by atoms with Gasteiger partial charge in [0.1, 0.15) is 0 Å². The van der Waals surface area contributed by atoms with Gasteiger partial charge in [-0.2, -0.15) is 0 Å². The van der Waals surface area contributed by atoms with Crippen LogP contribution in [0.3, 0.4) is 0 Å². The first-order valence-electron chi connectivity index (χ1n) is 5.39. The lowest BCUT2D eigenvalue weighted by molar-refractivity contribution is -0.136. The zero-order chi connectivity index (χ0) is 12.0. The van der Waals surface area contributed by atoms with Crippen LogP contribution in [0.5, 0.6) is 0 Å². The number of piperidine rings is 1. The number of methoxy groups -OCH3 is 1. The van der Waals surface area contributed by atoms with Gasteiger partial charge in [0.15, 0.2) is 0 Å². The van der Waals surface area contributed by atoms with Gasteiger partial charge in [-0.25, -0.2) is 4.79 Å². The summed E-state index contributed by atoms with van der Waals surface area (Å²) in [6.07, 6.45) is 1.65. The van der Waals surface area contributed by atoms with Gasteiger partial charge in [0.25, 0.3) is 0 Å². The Morgan fingerprint density at radius 1 is 1.56 bits per heavy atom. The second-order valence-corrected chi connectivity index (χ2v) is 3.95. The van der Waals surface area contributed by atoms with E-state index in [1.807, 2.05) is 0 Å². The van der Waals surface area contributed by atoms with Crippen molar-refractivity contribution in [1.82, 2.24) is 10.2 Å². The molecule has 0 aliphatic carbocycles. The number of carboxylic acids is 1.